The van der Waals surface area contributed by atoms with Crippen molar-refractivity contribution >= 4 is 21.4 Å². The van der Waals surface area contributed by atoms with E-state index in [1.165, 1.54) is 24.3 Å². The largest absolute Gasteiger partial charge is 0.490 e. The Labute approximate surface area is 225 Å². The maximum Gasteiger partial charge on any atom is 0.186 e. The number of ether oxygens (including phenoxy) is 4. The number of hydrogen-bond donors (Lipinski definition) is 0. The van der Waals surface area contributed by atoms with Gasteiger partial charge in [0.1, 0.15) is 11.1 Å². The normalized spacial score (nSPS) is 20.6. The standard InChI is InChI=1S/C28H27ClF2O6S/c29-21-6-8-22(9-7-21)38(32,33)27-20(18-35-26-24(31)11-10-23(30)25(26)27)16-28(36-14-15-37-28)12-13-34-17-19-4-2-1-3-5-19/h1-11,20,27H,12-18H2. The fraction of sp³-hybridized carbons (Fsp3) is 0.357. The van der Waals surface area contributed by atoms with E-state index in [2.05, 4.69) is 0 Å². The van der Waals surface area contributed by atoms with E-state index in [0.29, 0.717) is 31.3 Å². The summed E-state index contributed by atoms with van der Waals surface area (Å²) in [5.74, 6) is -4.03. The predicted molar refractivity (Wildman–Crippen MR) is 137 cm³/mol. The molecule has 6 nitrogen and oxygen atoms in total. The highest BCUT2D eigenvalue weighted by atomic mass is 35.5. The minimum atomic E-state index is -4.20. The van der Waals surface area contributed by atoms with Crippen molar-refractivity contribution in [2.75, 3.05) is 26.4 Å². The summed E-state index contributed by atoms with van der Waals surface area (Å²) in [6.07, 6.45) is 0.400. The molecule has 1 fully saturated rings. The SMILES string of the molecule is O=S(=O)(c1ccc(Cl)cc1)C1c2c(F)ccc(F)c2OCC1CC1(CCOCc2ccccc2)OCCO1. The molecule has 0 spiro atoms. The Morgan fingerprint density at radius 3 is 2.34 bits per heavy atom. The van der Waals surface area contributed by atoms with E-state index < -0.39 is 44.2 Å². The fourth-order valence-corrected chi connectivity index (χ4v) is 7.22. The molecule has 202 valence electrons. The molecular weight excluding hydrogens is 538 g/mol. The van der Waals surface area contributed by atoms with Gasteiger partial charge in [0, 0.05) is 23.8 Å². The molecule has 0 N–H and O–H groups in total. The molecule has 2 heterocycles. The highest BCUT2D eigenvalue weighted by molar-refractivity contribution is 7.91. The highest BCUT2D eigenvalue weighted by Gasteiger charge is 2.49. The Morgan fingerprint density at radius 1 is 0.947 bits per heavy atom. The topological polar surface area (TPSA) is 71.1 Å². The van der Waals surface area contributed by atoms with Gasteiger partial charge in [-0.25, -0.2) is 17.2 Å². The first-order valence-corrected chi connectivity index (χ1v) is 14.2. The minimum absolute atomic E-state index is 0.0538. The summed E-state index contributed by atoms with van der Waals surface area (Å²) in [5, 5.41) is -1.08. The average Bonchev–Trinajstić information content (AvgIpc) is 3.38. The Balaban J connectivity index is 1.43. The molecule has 3 aromatic rings. The lowest BCUT2D eigenvalue weighted by molar-refractivity contribution is -0.185. The van der Waals surface area contributed by atoms with Crippen LogP contribution in [0.4, 0.5) is 8.78 Å². The van der Waals surface area contributed by atoms with Crippen molar-refractivity contribution in [1.29, 1.82) is 0 Å². The number of benzene rings is 3. The molecule has 0 radical (unpaired) electrons. The van der Waals surface area contributed by atoms with Gasteiger partial charge < -0.3 is 18.9 Å². The van der Waals surface area contributed by atoms with Crippen LogP contribution in [0.3, 0.4) is 0 Å². The van der Waals surface area contributed by atoms with Gasteiger partial charge in [0.05, 0.1) is 43.5 Å². The fourth-order valence-electron chi connectivity index (χ4n) is 5.07. The molecule has 3 aromatic carbocycles. The van der Waals surface area contributed by atoms with E-state index in [1.807, 2.05) is 30.3 Å². The molecule has 1 saturated heterocycles. The first kappa shape index (κ1) is 27.0. The summed E-state index contributed by atoms with van der Waals surface area (Å²) in [6, 6.07) is 17.1. The zero-order valence-corrected chi connectivity index (χ0v) is 22.0. The van der Waals surface area contributed by atoms with Crippen molar-refractivity contribution in [3.05, 3.63) is 94.5 Å². The summed E-state index contributed by atoms with van der Waals surface area (Å²) in [4.78, 5) is -0.0538. The second-order valence-corrected chi connectivity index (χ2v) is 11.9. The van der Waals surface area contributed by atoms with E-state index in [1.54, 1.807) is 0 Å². The summed E-state index contributed by atoms with van der Waals surface area (Å²) in [7, 11) is -4.20. The number of hydrogen-bond acceptors (Lipinski definition) is 6. The van der Waals surface area contributed by atoms with Crippen LogP contribution in [0, 0.1) is 17.6 Å². The van der Waals surface area contributed by atoms with Crippen molar-refractivity contribution in [2.24, 2.45) is 5.92 Å². The van der Waals surface area contributed by atoms with Crippen molar-refractivity contribution < 1.29 is 36.1 Å². The van der Waals surface area contributed by atoms with E-state index in [9.17, 15) is 12.8 Å². The number of fused-ring (bicyclic) bond motifs is 1. The highest BCUT2D eigenvalue weighted by Crippen LogP contribution is 2.49. The maximum absolute atomic E-state index is 15.2. The van der Waals surface area contributed by atoms with Crippen LogP contribution in [0.1, 0.15) is 29.2 Å². The monoisotopic (exact) mass is 564 g/mol. The molecule has 2 aliphatic heterocycles. The number of sulfone groups is 1. The van der Waals surface area contributed by atoms with Crippen LogP contribution in [0.2, 0.25) is 5.02 Å². The van der Waals surface area contributed by atoms with Crippen LogP contribution in [0.5, 0.6) is 5.75 Å². The van der Waals surface area contributed by atoms with Crippen LogP contribution in [0.25, 0.3) is 0 Å². The van der Waals surface area contributed by atoms with Crippen molar-refractivity contribution in [3.63, 3.8) is 0 Å². The van der Waals surface area contributed by atoms with Gasteiger partial charge in [-0.2, -0.15) is 0 Å². The first-order valence-electron chi connectivity index (χ1n) is 12.3. The molecule has 0 bridgehead atoms. The summed E-state index contributed by atoms with van der Waals surface area (Å²) in [5.41, 5.74) is 0.684. The van der Waals surface area contributed by atoms with Crippen LogP contribution in [-0.4, -0.2) is 40.6 Å². The molecule has 38 heavy (non-hydrogen) atoms. The van der Waals surface area contributed by atoms with Gasteiger partial charge in [0.15, 0.2) is 27.2 Å². The molecular formula is C28H27ClF2O6S. The van der Waals surface area contributed by atoms with Gasteiger partial charge >= 0.3 is 0 Å². The van der Waals surface area contributed by atoms with Gasteiger partial charge in [-0.1, -0.05) is 41.9 Å². The van der Waals surface area contributed by atoms with Crippen LogP contribution in [0.15, 0.2) is 71.6 Å². The second-order valence-electron chi connectivity index (χ2n) is 9.36. The Hall–Kier alpha value is -2.56. The number of halogens is 3. The minimum Gasteiger partial charge on any atom is -0.490 e. The molecule has 5 rings (SSSR count). The third kappa shape index (κ3) is 5.58. The van der Waals surface area contributed by atoms with Gasteiger partial charge in [-0.3, -0.25) is 0 Å². The lowest BCUT2D eigenvalue weighted by Crippen LogP contribution is -2.41. The molecule has 0 saturated carbocycles. The third-order valence-corrected chi connectivity index (χ3v) is 9.32. The molecule has 2 atom stereocenters. The summed E-state index contributed by atoms with van der Waals surface area (Å²) in [6.45, 7) is 1.16. The Morgan fingerprint density at radius 2 is 1.63 bits per heavy atom. The second kappa shape index (κ2) is 11.3. The van der Waals surface area contributed by atoms with E-state index in [-0.39, 0.29) is 30.1 Å². The van der Waals surface area contributed by atoms with Crippen molar-refractivity contribution in [2.45, 2.75) is 35.4 Å². The molecule has 2 unspecified atom stereocenters. The number of rotatable bonds is 9. The van der Waals surface area contributed by atoms with E-state index in [0.717, 1.165) is 17.7 Å². The smallest absolute Gasteiger partial charge is 0.186 e. The van der Waals surface area contributed by atoms with Gasteiger partial charge in [-0.05, 0) is 42.0 Å². The zero-order valence-electron chi connectivity index (χ0n) is 20.4. The van der Waals surface area contributed by atoms with Gasteiger partial charge in [0.25, 0.3) is 0 Å². The molecule has 0 aromatic heterocycles. The average molecular weight is 565 g/mol. The van der Waals surface area contributed by atoms with Gasteiger partial charge in [0.2, 0.25) is 0 Å². The first-order chi connectivity index (χ1) is 18.3. The lowest BCUT2D eigenvalue weighted by atomic mass is 9.88. The Bertz CT molecular complexity index is 1360. The molecule has 10 heteroatoms. The summed E-state index contributed by atoms with van der Waals surface area (Å²) >= 11 is 5.97. The van der Waals surface area contributed by atoms with Crippen LogP contribution < -0.4 is 4.74 Å². The maximum atomic E-state index is 15.2. The quantitative estimate of drug-likeness (QED) is 0.302. The van der Waals surface area contributed by atoms with E-state index in [4.69, 9.17) is 30.5 Å². The Kier molecular flexibility index (Phi) is 8.02. The zero-order chi connectivity index (χ0) is 26.8. The molecule has 0 amide bonds. The van der Waals surface area contributed by atoms with Gasteiger partial charge in [-0.15, -0.1) is 0 Å². The predicted octanol–water partition coefficient (Wildman–Crippen LogP) is 5.88. The third-order valence-electron chi connectivity index (χ3n) is 6.85. The van der Waals surface area contributed by atoms with Crippen molar-refractivity contribution in [1.82, 2.24) is 0 Å². The molecule has 2 aliphatic rings. The summed E-state index contributed by atoms with van der Waals surface area (Å²) < 4.78 is 81.1. The molecule has 0 aliphatic carbocycles. The van der Waals surface area contributed by atoms with Crippen LogP contribution in [-0.2, 0) is 30.7 Å². The van der Waals surface area contributed by atoms with Crippen molar-refractivity contribution in [3.8, 4) is 5.75 Å². The lowest BCUT2D eigenvalue weighted by Gasteiger charge is -2.38. The van der Waals surface area contributed by atoms with E-state index >= 15 is 4.39 Å². The van der Waals surface area contributed by atoms with Crippen LogP contribution >= 0.6 is 11.6 Å².